The minimum Gasteiger partial charge on any atom is -0.480 e. The Hall–Kier alpha value is -1.93. The Labute approximate surface area is 141 Å². The molecule has 0 radical (unpaired) electrons. The lowest BCUT2D eigenvalue weighted by atomic mass is 10.1. The number of carboxylic acids is 1. The number of hydrogen-bond acceptors (Lipinski definition) is 4. The van der Waals surface area contributed by atoms with Gasteiger partial charge in [-0.15, -0.1) is 0 Å². The third kappa shape index (κ3) is 3.37. The van der Waals surface area contributed by atoms with E-state index in [-0.39, 0.29) is 5.69 Å². The molecule has 0 fully saturated rings. The van der Waals surface area contributed by atoms with Crippen LogP contribution in [0.25, 0.3) is 5.65 Å². The van der Waals surface area contributed by atoms with Crippen molar-refractivity contribution in [3.05, 3.63) is 33.7 Å². The molecular weight excluding hydrogens is 366 g/mol. The van der Waals surface area contributed by atoms with Gasteiger partial charge in [0.1, 0.15) is 5.69 Å². The monoisotopic (exact) mass is 383 g/mol. The fraction of sp³-hybridized carbons (Fsp3) is 0.400. The highest BCUT2D eigenvalue weighted by Gasteiger charge is 2.28. The number of aliphatic hydroxyl groups excluding tert-OH is 1. The van der Waals surface area contributed by atoms with E-state index in [0.29, 0.717) is 17.8 Å². The first-order chi connectivity index (χ1) is 10.8. The van der Waals surface area contributed by atoms with Gasteiger partial charge in [0.05, 0.1) is 16.3 Å². The highest BCUT2D eigenvalue weighted by molar-refractivity contribution is 9.10. The Morgan fingerprint density at radius 2 is 2.13 bits per heavy atom. The van der Waals surface area contributed by atoms with E-state index in [1.165, 1.54) is 6.92 Å². The Morgan fingerprint density at radius 3 is 2.65 bits per heavy atom. The molecule has 2 aromatic heterocycles. The van der Waals surface area contributed by atoms with Gasteiger partial charge in [-0.05, 0) is 47.8 Å². The summed E-state index contributed by atoms with van der Waals surface area (Å²) < 4.78 is 2.38. The number of aromatic nitrogens is 2. The molecule has 2 atom stereocenters. The summed E-state index contributed by atoms with van der Waals surface area (Å²) in [5, 5.41) is 21.0. The van der Waals surface area contributed by atoms with Crippen molar-refractivity contribution >= 4 is 33.5 Å². The largest absolute Gasteiger partial charge is 0.480 e. The first-order valence-corrected chi connectivity index (χ1v) is 7.94. The summed E-state index contributed by atoms with van der Waals surface area (Å²) in [6.45, 7) is 5.06. The van der Waals surface area contributed by atoms with Crippen molar-refractivity contribution in [2.24, 2.45) is 0 Å². The SMILES string of the molecule is CCc1nc2c(Br)cc(C)cn2c1C(=O)NC(C(=O)O)C(C)O. The molecule has 23 heavy (non-hydrogen) atoms. The molecule has 8 heteroatoms. The summed E-state index contributed by atoms with van der Waals surface area (Å²) in [5.41, 5.74) is 2.34. The Balaban J connectivity index is 2.53. The predicted molar refractivity (Wildman–Crippen MR) is 87.6 cm³/mol. The Bertz CT molecular complexity index is 770. The van der Waals surface area contributed by atoms with Crippen LogP contribution in [-0.4, -0.2) is 43.6 Å². The number of carbonyl (C=O) groups excluding carboxylic acids is 1. The van der Waals surface area contributed by atoms with Crippen LogP contribution in [0.3, 0.4) is 0 Å². The van der Waals surface area contributed by atoms with Crippen molar-refractivity contribution in [3.63, 3.8) is 0 Å². The van der Waals surface area contributed by atoms with Crippen molar-refractivity contribution in [2.45, 2.75) is 39.3 Å². The number of fused-ring (bicyclic) bond motifs is 1. The molecule has 2 aromatic rings. The molecule has 2 heterocycles. The first kappa shape index (κ1) is 17.4. The van der Waals surface area contributed by atoms with Crippen LogP contribution in [0.2, 0.25) is 0 Å². The summed E-state index contributed by atoms with van der Waals surface area (Å²) in [6, 6.07) is 0.505. The molecule has 2 rings (SSSR count). The molecule has 0 saturated heterocycles. The van der Waals surface area contributed by atoms with Gasteiger partial charge in [0.25, 0.3) is 5.91 Å². The van der Waals surface area contributed by atoms with Crippen LogP contribution in [0.4, 0.5) is 0 Å². The molecule has 0 bridgehead atoms. The maximum atomic E-state index is 12.6. The van der Waals surface area contributed by atoms with E-state index in [4.69, 9.17) is 5.11 Å². The molecule has 0 aliphatic carbocycles. The number of nitrogens with zero attached hydrogens (tertiary/aromatic N) is 2. The zero-order chi connectivity index (χ0) is 17.3. The zero-order valence-corrected chi connectivity index (χ0v) is 14.6. The van der Waals surface area contributed by atoms with E-state index in [1.807, 2.05) is 19.9 Å². The lowest BCUT2D eigenvalue weighted by Crippen LogP contribution is -2.48. The summed E-state index contributed by atoms with van der Waals surface area (Å²) in [6.07, 6.45) is 1.07. The van der Waals surface area contributed by atoms with Gasteiger partial charge in [0.2, 0.25) is 0 Å². The van der Waals surface area contributed by atoms with Gasteiger partial charge in [-0.2, -0.15) is 0 Å². The van der Waals surface area contributed by atoms with Gasteiger partial charge < -0.3 is 15.5 Å². The smallest absolute Gasteiger partial charge is 0.328 e. The summed E-state index contributed by atoms with van der Waals surface area (Å²) in [4.78, 5) is 28.2. The van der Waals surface area contributed by atoms with Crippen LogP contribution in [-0.2, 0) is 11.2 Å². The molecule has 0 spiro atoms. The molecule has 3 N–H and O–H groups in total. The van der Waals surface area contributed by atoms with Crippen molar-refractivity contribution in [1.82, 2.24) is 14.7 Å². The number of halogens is 1. The van der Waals surface area contributed by atoms with Gasteiger partial charge in [0, 0.05) is 6.20 Å². The predicted octanol–water partition coefficient (Wildman–Crippen LogP) is 1.53. The number of imidazole rings is 1. The van der Waals surface area contributed by atoms with Crippen LogP contribution in [0.5, 0.6) is 0 Å². The number of pyridine rings is 1. The molecule has 0 aliphatic rings. The zero-order valence-electron chi connectivity index (χ0n) is 13.0. The normalized spacial score (nSPS) is 13.8. The fourth-order valence-electron chi connectivity index (χ4n) is 2.36. The van der Waals surface area contributed by atoms with Crippen LogP contribution in [0.1, 0.15) is 35.6 Å². The standard InChI is InChI=1S/C15H18BrN3O4/c1-4-10-12(14(21)18-11(8(3)20)15(22)23)19-6-7(2)5-9(16)13(19)17-10/h5-6,8,11,20H,4H2,1-3H3,(H,18,21)(H,22,23). The number of carbonyl (C=O) groups is 2. The topological polar surface area (TPSA) is 104 Å². The Kier molecular flexibility index (Phi) is 5.06. The van der Waals surface area contributed by atoms with E-state index in [0.717, 1.165) is 10.0 Å². The number of rotatable bonds is 5. The van der Waals surface area contributed by atoms with Crippen LogP contribution in [0.15, 0.2) is 16.7 Å². The highest BCUT2D eigenvalue weighted by Crippen LogP contribution is 2.23. The lowest BCUT2D eigenvalue weighted by molar-refractivity contribution is -0.141. The number of hydrogen-bond donors (Lipinski definition) is 3. The van der Waals surface area contributed by atoms with Crippen molar-refractivity contribution < 1.29 is 19.8 Å². The Morgan fingerprint density at radius 1 is 1.48 bits per heavy atom. The molecule has 124 valence electrons. The number of carboxylic acid groups (broad SMARTS) is 1. The maximum Gasteiger partial charge on any atom is 0.328 e. The molecular formula is C15H18BrN3O4. The second kappa shape index (κ2) is 6.67. The van der Waals surface area contributed by atoms with Crippen LogP contribution < -0.4 is 5.32 Å². The average molecular weight is 384 g/mol. The number of nitrogens with one attached hydrogen (secondary N) is 1. The van der Waals surface area contributed by atoms with Crippen LogP contribution >= 0.6 is 15.9 Å². The second-order valence-corrected chi connectivity index (χ2v) is 6.20. The van der Waals surface area contributed by atoms with Crippen LogP contribution in [0, 0.1) is 6.92 Å². The third-order valence-electron chi connectivity index (χ3n) is 3.47. The molecule has 7 nitrogen and oxygen atoms in total. The fourth-order valence-corrected chi connectivity index (χ4v) is 3.01. The maximum absolute atomic E-state index is 12.6. The molecule has 0 saturated carbocycles. The van der Waals surface area contributed by atoms with E-state index in [2.05, 4.69) is 26.2 Å². The number of aliphatic hydroxyl groups is 1. The molecule has 0 aliphatic heterocycles. The highest BCUT2D eigenvalue weighted by atomic mass is 79.9. The third-order valence-corrected chi connectivity index (χ3v) is 4.05. The number of amides is 1. The van der Waals surface area contributed by atoms with Gasteiger partial charge >= 0.3 is 5.97 Å². The quantitative estimate of drug-likeness (QED) is 0.726. The summed E-state index contributed by atoms with van der Waals surface area (Å²) in [5.74, 6) is -1.88. The van der Waals surface area contributed by atoms with E-state index < -0.39 is 24.0 Å². The minimum absolute atomic E-state index is 0.277. The first-order valence-electron chi connectivity index (χ1n) is 7.15. The summed E-state index contributed by atoms with van der Waals surface area (Å²) in [7, 11) is 0. The molecule has 0 aromatic carbocycles. The van der Waals surface area contributed by atoms with Crippen molar-refractivity contribution in [3.8, 4) is 0 Å². The van der Waals surface area contributed by atoms with E-state index >= 15 is 0 Å². The van der Waals surface area contributed by atoms with Crippen molar-refractivity contribution in [2.75, 3.05) is 0 Å². The van der Waals surface area contributed by atoms with Crippen molar-refractivity contribution in [1.29, 1.82) is 0 Å². The van der Waals surface area contributed by atoms with Gasteiger partial charge in [0.15, 0.2) is 11.7 Å². The number of aliphatic carboxylic acids is 1. The second-order valence-electron chi connectivity index (χ2n) is 5.35. The molecule has 1 amide bonds. The van der Waals surface area contributed by atoms with Gasteiger partial charge in [-0.3, -0.25) is 9.20 Å². The lowest BCUT2D eigenvalue weighted by Gasteiger charge is -2.17. The average Bonchev–Trinajstić information content (AvgIpc) is 2.82. The summed E-state index contributed by atoms with van der Waals surface area (Å²) >= 11 is 3.42. The van der Waals surface area contributed by atoms with Gasteiger partial charge in [-0.1, -0.05) is 6.92 Å². The van der Waals surface area contributed by atoms with E-state index in [9.17, 15) is 14.7 Å². The number of aryl methyl sites for hydroxylation is 2. The minimum atomic E-state index is -1.38. The molecule has 2 unspecified atom stereocenters. The van der Waals surface area contributed by atoms with Gasteiger partial charge in [-0.25, -0.2) is 9.78 Å². The van der Waals surface area contributed by atoms with E-state index in [1.54, 1.807) is 10.6 Å².